The largest absolute Gasteiger partial charge is 0.457 e. The first-order chi connectivity index (χ1) is 13.6. The van der Waals surface area contributed by atoms with Crippen LogP contribution in [0.4, 0.5) is 4.39 Å². The summed E-state index contributed by atoms with van der Waals surface area (Å²) in [5, 5.41) is 1.18. The number of ether oxygens (including phenoxy) is 2. The van der Waals surface area contributed by atoms with Gasteiger partial charge >= 0.3 is 11.9 Å². The van der Waals surface area contributed by atoms with E-state index >= 15 is 0 Å². The Kier molecular flexibility index (Phi) is 4.60. The Labute approximate surface area is 158 Å². The maximum atomic E-state index is 13.1. The molecule has 138 valence electrons. The van der Waals surface area contributed by atoms with Crippen molar-refractivity contribution >= 4 is 22.7 Å². The fourth-order valence-corrected chi connectivity index (χ4v) is 2.73. The molecule has 0 amide bonds. The second-order valence-electron chi connectivity index (χ2n) is 5.87. The van der Waals surface area contributed by atoms with E-state index in [0.717, 1.165) is 0 Å². The lowest BCUT2D eigenvalue weighted by molar-refractivity contribution is 0.0703. The summed E-state index contributed by atoms with van der Waals surface area (Å²) in [6.07, 6.45) is 1.37. The Morgan fingerprint density at radius 2 is 1.39 bits per heavy atom. The van der Waals surface area contributed by atoms with Crippen LogP contribution < -0.4 is 9.47 Å². The van der Waals surface area contributed by atoms with E-state index in [1.165, 1.54) is 36.6 Å². The van der Waals surface area contributed by atoms with Crippen molar-refractivity contribution in [2.24, 2.45) is 0 Å². The molecule has 6 heteroatoms. The molecule has 0 fully saturated rings. The molecule has 0 aliphatic heterocycles. The molecule has 3 aromatic carbocycles. The Balaban J connectivity index is 1.69. The van der Waals surface area contributed by atoms with E-state index in [4.69, 9.17) is 13.9 Å². The first-order valence-corrected chi connectivity index (χ1v) is 8.37. The summed E-state index contributed by atoms with van der Waals surface area (Å²) < 4.78 is 29.1. The van der Waals surface area contributed by atoms with Gasteiger partial charge in [-0.1, -0.05) is 24.3 Å². The molecule has 0 bridgehead atoms. The van der Waals surface area contributed by atoms with Gasteiger partial charge in [0.1, 0.15) is 17.3 Å². The molecule has 1 aromatic heterocycles. The second kappa shape index (κ2) is 7.36. The minimum Gasteiger partial charge on any atom is -0.457 e. The van der Waals surface area contributed by atoms with Gasteiger partial charge in [0, 0.05) is 0 Å². The van der Waals surface area contributed by atoms with Gasteiger partial charge in [-0.05, 0) is 53.9 Å². The highest BCUT2D eigenvalue weighted by Gasteiger charge is 2.17. The minimum atomic E-state index is -0.669. The van der Waals surface area contributed by atoms with Gasteiger partial charge in [-0.15, -0.1) is 0 Å². The number of carbonyl (C=O) groups excluding carboxylic acids is 2. The molecule has 0 radical (unpaired) electrons. The predicted octanol–water partition coefficient (Wildman–Crippen LogP) is 5.01. The summed E-state index contributed by atoms with van der Waals surface area (Å²) in [4.78, 5) is 24.7. The summed E-state index contributed by atoms with van der Waals surface area (Å²) in [7, 11) is 0. The van der Waals surface area contributed by atoms with Crippen LogP contribution in [0.25, 0.3) is 10.8 Å². The Morgan fingerprint density at radius 1 is 0.750 bits per heavy atom. The molecule has 28 heavy (non-hydrogen) atoms. The highest BCUT2D eigenvalue weighted by molar-refractivity contribution is 6.00. The maximum absolute atomic E-state index is 13.1. The van der Waals surface area contributed by atoms with Gasteiger partial charge in [0.05, 0.1) is 17.2 Å². The normalized spacial score (nSPS) is 10.6. The molecule has 0 aliphatic carbocycles. The molecular formula is C22H13FO5. The van der Waals surface area contributed by atoms with Crippen LogP contribution in [-0.4, -0.2) is 11.9 Å². The van der Waals surface area contributed by atoms with Gasteiger partial charge in [-0.2, -0.15) is 0 Å². The van der Waals surface area contributed by atoms with Crippen molar-refractivity contribution in [2.45, 2.75) is 0 Å². The second-order valence-corrected chi connectivity index (χ2v) is 5.87. The zero-order valence-electron chi connectivity index (χ0n) is 14.4. The fraction of sp³-hybridized carbons (Fsp3) is 0. The van der Waals surface area contributed by atoms with Crippen molar-refractivity contribution in [2.75, 3.05) is 0 Å². The standard InChI is InChI=1S/C22H13FO5/c23-16-11-9-15(10-12-16)21(24)27-17-6-1-4-14-5-2-7-18(20(14)17)28-22(25)19-8-3-13-26-19/h1-13H. The van der Waals surface area contributed by atoms with Crippen molar-refractivity contribution in [1.29, 1.82) is 0 Å². The van der Waals surface area contributed by atoms with Crippen molar-refractivity contribution in [3.05, 3.63) is 96.2 Å². The molecule has 0 saturated carbocycles. The molecule has 4 rings (SSSR count). The number of esters is 2. The number of hydrogen-bond acceptors (Lipinski definition) is 5. The average molecular weight is 376 g/mol. The lowest BCUT2D eigenvalue weighted by Crippen LogP contribution is -2.10. The molecule has 0 N–H and O–H groups in total. The summed E-state index contributed by atoms with van der Waals surface area (Å²) in [5.41, 5.74) is 0.198. The molecular weight excluding hydrogens is 363 g/mol. The number of hydrogen-bond donors (Lipinski definition) is 0. The SMILES string of the molecule is O=C(Oc1cccc2cccc(OC(=O)c3ccco3)c12)c1ccc(F)cc1. The quantitative estimate of drug-likeness (QED) is 0.370. The van der Waals surface area contributed by atoms with Crippen molar-refractivity contribution in [1.82, 2.24) is 0 Å². The van der Waals surface area contributed by atoms with E-state index in [0.29, 0.717) is 10.8 Å². The van der Waals surface area contributed by atoms with E-state index in [-0.39, 0.29) is 22.8 Å². The van der Waals surface area contributed by atoms with Crippen molar-refractivity contribution in [3.8, 4) is 11.5 Å². The van der Waals surface area contributed by atoms with Crippen LogP contribution in [0.1, 0.15) is 20.9 Å². The third kappa shape index (κ3) is 3.48. The third-order valence-electron chi connectivity index (χ3n) is 4.04. The van der Waals surface area contributed by atoms with Gasteiger partial charge < -0.3 is 13.9 Å². The number of carbonyl (C=O) groups is 2. The topological polar surface area (TPSA) is 65.7 Å². The van der Waals surface area contributed by atoms with E-state index in [1.54, 1.807) is 42.5 Å². The van der Waals surface area contributed by atoms with Gasteiger partial charge in [0.2, 0.25) is 5.76 Å². The van der Waals surface area contributed by atoms with Gasteiger partial charge in [0.15, 0.2) is 0 Å². The maximum Gasteiger partial charge on any atom is 0.379 e. The Morgan fingerprint density at radius 3 is 2.00 bits per heavy atom. The zero-order chi connectivity index (χ0) is 19.5. The molecule has 5 nitrogen and oxygen atoms in total. The van der Waals surface area contributed by atoms with E-state index in [2.05, 4.69) is 0 Å². The first-order valence-electron chi connectivity index (χ1n) is 8.37. The van der Waals surface area contributed by atoms with Gasteiger partial charge in [0.25, 0.3) is 0 Å². The van der Waals surface area contributed by atoms with Crippen LogP contribution in [-0.2, 0) is 0 Å². The molecule has 1 heterocycles. The third-order valence-corrected chi connectivity index (χ3v) is 4.04. The summed E-state index contributed by atoms with van der Waals surface area (Å²) in [5.74, 6) is -1.28. The Bertz CT molecular complexity index is 1140. The lowest BCUT2D eigenvalue weighted by atomic mass is 10.1. The van der Waals surface area contributed by atoms with Crippen LogP contribution in [0, 0.1) is 5.82 Å². The summed E-state index contributed by atoms with van der Waals surface area (Å²) >= 11 is 0. The average Bonchev–Trinajstić information content (AvgIpc) is 3.24. The number of benzene rings is 3. The lowest BCUT2D eigenvalue weighted by Gasteiger charge is -2.11. The number of halogens is 1. The Hall–Kier alpha value is -3.93. The summed E-state index contributed by atoms with van der Waals surface area (Å²) in [6, 6.07) is 18.3. The molecule has 0 aliphatic rings. The van der Waals surface area contributed by atoms with E-state index in [9.17, 15) is 14.0 Å². The summed E-state index contributed by atoms with van der Waals surface area (Å²) in [6.45, 7) is 0. The van der Waals surface area contributed by atoms with Gasteiger partial charge in [-0.3, -0.25) is 0 Å². The smallest absolute Gasteiger partial charge is 0.379 e. The number of rotatable bonds is 4. The van der Waals surface area contributed by atoms with Crippen LogP contribution in [0.3, 0.4) is 0 Å². The fourth-order valence-electron chi connectivity index (χ4n) is 2.73. The zero-order valence-corrected chi connectivity index (χ0v) is 14.4. The first kappa shape index (κ1) is 17.5. The molecule has 0 unspecified atom stereocenters. The van der Waals surface area contributed by atoms with Crippen molar-refractivity contribution in [3.63, 3.8) is 0 Å². The van der Waals surface area contributed by atoms with Crippen LogP contribution in [0.2, 0.25) is 0 Å². The highest BCUT2D eigenvalue weighted by Crippen LogP contribution is 2.35. The van der Waals surface area contributed by atoms with E-state index < -0.39 is 17.8 Å². The number of furan rings is 1. The molecule has 0 saturated heterocycles. The van der Waals surface area contributed by atoms with Crippen LogP contribution >= 0.6 is 0 Å². The van der Waals surface area contributed by atoms with Crippen molar-refractivity contribution < 1.29 is 27.9 Å². The molecule has 0 spiro atoms. The van der Waals surface area contributed by atoms with Gasteiger partial charge in [-0.25, -0.2) is 14.0 Å². The predicted molar refractivity (Wildman–Crippen MR) is 99.0 cm³/mol. The van der Waals surface area contributed by atoms with Crippen LogP contribution in [0.15, 0.2) is 83.5 Å². The monoisotopic (exact) mass is 376 g/mol. The highest BCUT2D eigenvalue weighted by atomic mass is 19.1. The molecule has 4 aromatic rings. The molecule has 0 atom stereocenters. The van der Waals surface area contributed by atoms with E-state index in [1.807, 2.05) is 0 Å². The minimum absolute atomic E-state index is 0.0535. The van der Waals surface area contributed by atoms with Crippen LogP contribution in [0.5, 0.6) is 11.5 Å². The number of fused-ring (bicyclic) bond motifs is 1.